The molecule has 4 rings (SSSR count). The van der Waals surface area contributed by atoms with Crippen molar-refractivity contribution in [2.75, 3.05) is 26.3 Å². The maximum absolute atomic E-state index is 12.5. The lowest BCUT2D eigenvalue weighted by molar-refractivity contribution is -0.129. The predicted octanol–water partition coefficient (Wildman–Crippen LogP) is 1.68. The fourth-order valence-corrected chi connectivity index (χ4v) is 4.39. The summed E-state index contributed by atoms with van der Waals surface area (Å²) in [5.41, 5.74) is 1.13. The van der Waals surface area contributed by atoms with E-state index in [9.17, 15) is 4.79 Å². The molecule has 2 atom stereocenters. The minimum atomic E-state index is 0.306. The van der Waals surface area contributed by atoms with Crippen LogP contribution in [0.3, 0.4) is 0 Å². The van der Waals surface area contributed by atoms with Gasteiger partial charge < -0.3 is 9.64 Å². The lowest BCUT2D eigenvalue weighted by atomic mass is 9.99. The third-order valence-corrected chi connectivity index (χ3v) is 5.64. The van der Waals surface area contributed by atoms with E-state index in [-0.39, 0.29) is 0 Å². The number of ether oxygens (including phenoxy) is 1. The highest BCUT2D eigenvalue weighted by Crippen LogP contribution is 2.34. The average Bonchev–Trinajstić information content (AvgIpc) is 3.10. The molecule has 0 radical (unpaired) electrons. The van der Waals surface area contributed by atoms with Gasteiger partial charge in [0, 0.05) is 63.7 Å². The minimum absolute atomic E-state index is 0.306. The number of aromatic nitrogens is 1. The summed E-state index contributed by atoms with van der Waals surface area (Å²) in [6.45, 7) is 4.78. The van der Waals surface area contributed by atoms with Crippen molar-refractivity contribution in [1.29, 1.82) is 0 Å². The van der Waals surface area contributed by atoms with E-state index < -0.39 is 0 Å². The maximum atomic E-state index is 12.5. The van der Waals surface area contributed by atoms with Crippen molar-refractivity contribution >= 4 is 5.91 Å². The molecular weight excluding hydrogens is 290 g/mol. The van der Waals surface area contributed by atoms with Gasteiger partial charge in [-0.05, 0) is 36.8 Å². The molecule has 3 aliphatic heterocycles. The zero-order chi connectivity index (χ0) is 15.6. The molecule has 23 heavy (non-hydrogen) atoms. The highest BCUT2D eigenvalue weighted by atomic mass is 16.5. The van der Waals surface area contributed by atoms with Crippen LogP contribution in [0.2, 0.25) is 0 Å². The van der Waals surface area contributed by atoms with Crippen LogP contribution in [0.5, 0.6) is 0 Å². The summed E-state index contributed by atoms with van der Waals surface area (Å²) in [7, 11) is 0. The van der Waals surface area contributed by atoms with E-state index in [0.29, 0.717) is 31.0 Å². The van der Waals surface area contributed by atoms with Crippen LogP contribution in [0.15, 0.2) is 24.5 Å². The van der Waals surface area contributed by atoms with Crippen molar-refractivity contribution in [3.05, 3.63) is 30.1 Å². The van der Waals surface area contributed by atoms with Gasteiger partial charge in [0.05, 0.1) is 0 Å². The number of carbonyl (C=O) groups is 1. The van der Waals surface area contributed by atoms with E-state index >= 15 is 0 Å². The molecule has 3 fully saturated rings. The van der Waals surface area contributed by atoms with Crippen LogP contribution >= 0.6 is 0 Å². The Balaban J connectivity index is 1.40. The molecule has 5 heteroatoms. The van der Waals surface area contributed by atoms with Gasteiger partial charge in [0.1, 0.15) is 0 Å². The number of carbonyl (C=O) groups excluding carboxylic acids is 1. The molecular formula is C18H25N3O2. The second-order valence-corrected chi connectivity index (χ2v) is 7.06. The zero-order valence-electron chi connectivity index (χ0n) is 13.6. The monoisotopic (exact) mass is 315 g/mol. The Labute approximate surface area is 137 Å². The maximum Gasteiger partial charge on any atom is 0.224 e. The Morgan fingerprint density at radius 2 is 2.09 bits per heavy atom. The smallest absolute Gasteiger partial charge is 0.224 e. The Kier molecular flexibility index (Phi) is 4.31. The number of nitrogens with zero attached hydrogens (tertiary/aromatic N) is 3. The summed E-state index contributed by atoms with van der Waals surface area (Å²) in [5, 5.41) is 0. The molecule has 5 nitrogen and oxygen atoms in total. The Bertz CT molecular complexity index is 544. The summed E-state index contributed by atoms with van der Waals surface area (Å²) in [6.07, 6.45) is 7.79. The standard InChI is InChI=1S/C18H25N3O2/c22-18-10-17-16(21(18)13-15-2-1-6-19-11-15)3-7-20(17)12-14-4-8-23-9-5-14/h1-2,6,11,14,16-17H,3-5,7-10,12-13H2/t16-,17+/m1/s1. The third-order valence-electron chi connectivity index (χ3n) is 5.64. The van der Waals surface area contributed by atoms with Gasteiger partial charge in [0.2, 0.25) is 5.91 Å². The number of rotatable bonds is 4. The lowest BCUT2D eigenvalue weighted by Gasteiger charge is -2.30. The van der Waals surface area contributed by atoms with E-state index in [4.69, 9.17) is 4.74 Å². The molecule has 3 aliphatic rings. The molecule has 1 amide bonds. The highest BCUT2D eigenvalue weighted by molar-refractivity contribution is 5.80. The fraction of sp³-hybridized carbons (Fsp3) is 0.667. The number of pyridine rings is 1. The Hall–Kier alpha value is -1.46. The Morgan fingerprint density at radius 1 is 1.22 bits per heavy atom. The van der Waals surface area contributed by atoms with Gasteiger partial charge in [-0.15, -0.1) is 0 Å². The SMILES string of the molecule is O=C1C[C@H]2[C@@H](CCN2CC2CCOCC2)N1Cc1cccnc1. The largest absolute Gasteiger partial charge is 0.381 e. The summed E-state index contributed by atoms with van der Waals surface area (Å²) in [5.74, 6) is 1.05. The second kappa shape index (κ2) is 6.57. The molecule has 124 valence electrons. The molecule has 3 saturated heterocycles. The molecule has 1 aromatic rings. The molecule has 0 unspecified atom stereocenters. The molecule has 0 bridgehead atoms. The molecule has 0 spiro atoms. The predicted molar refractivity (Wildman–Crippen MR) is 86.7 cm³/mol. The lowest BCUT2D eigenvalue weighted by Crippen LogP contribution is -2.39. The van der Waals surface area contributed by atoms with Crippen molar-refractivity contribution < 1.29 is 9.53 Å². The molecule has 0 aromatic carbocycles. The average molecular weight is 315 g/mol. The van der Waals surface area contributed by atoms with Crippen LogP contribution in [0.4, 0.5) is 0 Å². The quantitative estimate of drug-likeness (QED) is 0.848. The van der Waals surface area contributed by atoms with Gasteiger partial charge >= 0.3 is 0 Å². The van der Waals surface area contributed by atoms with Gasteiger partial charge in [-0.25, -0.2) is 0 Å². The van der Waals surface area contributed by atoms with Crippen LogP contribution in [-0.4, -0.2) is 59.1 Å². The molecule has 0 N–H and O–H groups in total. The van der Waals surface area contributed by atoms with Crippen molar-refractivity contribution in [2.45, 2.75) is 44.3 Å². The number of likely N-dealkylation sites (tertiary alicyclic amines) is 2. The summed E-state index contributed by atoms with van der Waals surface area (Å²) in [6, 6.07) is 4.81. The summed E-state index contributed by atoms with van der Waals surface area (Å²) < 4.78 is 5.46. The number of fused-ring (bicyclic) bond motifs is 1. The fourth-order valence-electron chi connectivity index (χ4n) is 4.39. The van der Waals surface area contributed by atoms with Crippen LogP contribution < -0.4 is 0 Å². The van der Waals surface area contributed by atoms with E-state index in [1.165, 1.54) is 12.8 Å². The van der Waals surface area contributed by atoms with Crippen LogP contribution in [0.1, 0.15) is 31.2 Å². The van der Waals surface area contributed by atoms with Crippen molar-refractivity contribution in [1.82, 2.24) is 14.8 Å². The number of hydrogen-bond donors (Lipinski definition) is 0. The normalized spacial score (nSPS) is 29.2. The first-order valence-electron chi connectivity index (χ1n) is 8.81. The Morgan fingerprint density at radius 3 is 2.87 bits per heavy atom. The van der Waals surface area contributed by atoms with Crippen molar-refractivity contribution in [2.24, 2.45) is 5.92 Å². The van der Waals surface area contributed by atoms with E-state index in [0.717, 1.165) is 44.2 Å². The first-order chi connectivity index (χ1) is 11.3. The van der Waals surface area contributed by atoms with Gasteiger partial charge in [-0.2, -0.15) is 0 Å². The minimum Gasteiger partial charge on any atom is -0.381 e. The van der Waals surface area contributed by atoms with Gasteiger partial charge in [0.15, 0.2) is 0 Å². The number of amides is 1. The topological polar surface area (TPSA) is 45.7 Å². The third kappa shape index (κ3) is 3.12. The second-order valence-electron chi connectivity index (χ2n) is 7.06. The van der Waals surface area contributed by atoms with Gasteiger partial charge in [0.25, 0.3) is 0 Å². The highest BCUT2D eigenvalue weighted by Gasteiger charge is 2.46. The van der Waals surface area contributed by atoms with Gasteiger partial charge in [-0.1, -0.05) is 6.07 Å². The molecule has 1 aromatic heterocycles. The van der Waals surface area contributed by atoms with Crippen LogP contribution in [0.25, 0.3) is 0 Å². The van der Waals surface area contributed by atoms with E-state index in [2.05, 4.69) is 20.9 Å². The van der Waals surface area contributed by atoms with Crippen molar-refractivity contribution in [3.63, 3.8) is 0 Å². The molecule has 0 aliphatic carbocycles. The van der Waals surface area contributed by atoms with Crippen LogP contribution in [-0.2, 0) is 16.1 Å². The number of hydrogen-bond acceptors (Lipinski definition) is 4. The first kappa shape index (κ1) is 15.1. The van der Waals surface area contributed by atoms with Gasteiger partial charge in [-0.3, -0.25) is 14.7 Å². The van der Waals surface area contributed by atoms with Crippen LogP contribution in [0, 0.1) is 5.92 Å². The summed E-state index contributed by atoms with van der Waals surface area (Å²) >= 11 is 0. The first-order valence-corrected chi connectivity index (χ1v) is 8.81. The zero-order valence-corrected chi connectivity index (χ0v) is 13.6. The molecule has 0 saturated carbocycles. The van der Waals surface area contributed by atoms with Crippen molar-refractivity contribution in [3.8, 4) is 0 Å². The van der Waals surface area contributed by atoms with E-state index in [1.54, 1.807) is 6.20 Å². The van der Waals surface area contributed by atoms with E-state index in [1.807, 2.05) is 12.3 Å². The molecule has 4 heterocycles. The summed E-state index contributed by atoms with van der Waals surface area (Å²) in [4.78, 5) is 21.3.